The molecule has 5 aromatic rings. The maximum atomic E-state index is 13.3. The van der Waals surface area contributed by atoms with Crippen LogP contribution in [0, 0.1) is 5.82 Å². The Labute approximate surface area is 193 Å². The van der Waals surface area contributed by atoms with Gasteiger partial charge in [-0.3, -0.25) is 4.68 Å². The topological polar surface area (TPSA) is 92.3 Å². The lowest BCUT2D eigenvalue weighted by atomic mass is 10.1. The summed E-state index contributed by atoms with van der Waals surface area (Å²) in [4.78, 5) is 9.16. The average Bonchev–Trinajstić information content (AvgIpc) is 3.41. The number of aryl methyl sites for hydroxylation is 1. The summed E-state index contributed by atoms with van der Waals surface area (Å²) >= 11 is 0. The second kappa shape index (κ2) is 8.22. The molecule has 0 N–H and O–H groups in total. The predicted octanol–water partition coefficient (Wildman–Crippen LogP) is 3.55. The number of nitrogens with zero attached hydrogens (tertiary/aromatic N) is 7. The minimum Gasteiger partial charge on any atom is -0.482 e. The highest BCUT2D eigenvalue weighted by Crippen LogP contribution is 2.33. The van der Waals surface area contributed by atoms with E-state index < -0.39 is 0 Å². The number of benzene rings is 1. The molecule has 1 atom stereocenters. The molecule has 170 valence electrons. The number of hydrogen-bond acceptors (Lipinski definition) is 7. The molecule has 0 unspecified atom stereocenters. The van der Waals surface area contributed by atoms with Crippen LogP contribution in [0.5, 0.6) is 11.6 Å². The highest BCUT2D eigenvalue weighted by Gasteiger charge is 2.26. The lowest BCUT2D eigenvalue weighted by molar-refractivity contribution is 0.166. The van der Waals surface area contributed by atoms with E-state index >= 15 is 0 Å². The van der Waals surface area contributed by atoms with Gasteiger partial charge >= 0.3 is 0 Å². The van der Waals surface area contributed by atoms with Gasteiger partial charge in [0.25, 0.3) is 0 Å². The molecule has 0 bridgehead atoms. The summed E-state index contributed by atoms with van der Waals surface area (Å²) in [5.41, 5.74) is 3.27. The van der Waals surface area contributed by atoms with E-state index in [9.17, 15) is 4.39 Å². The fraction of sp³-hybridized carbons (Fsp3) is 0.208. The molecular formula is C24H20FN7O2. The summed E-state index contributed by atoms with van der Waals surface area (Å²) in [6, 6.07) is 13.6. The minimum absolute atomic E-state index is 0.313. The molecule has 1 aliphatic rings. The van der Waals surface area contributed by atoms with Crippen molar-refractivity contribution in [1.29, 1.82) is 0 Å². The van der Waals surface area contributed by atoms with Gasteiger partial charge in [0.2, 0.25) is 5.88 Å². The first kappa shape index (κ1) is 20.3. The first-order valence-electron chi connectivity index (χ1n) is 10.9. The summed E-state index contributed by atoms with van der Waals surface area (Å²) in [6.07, 6.45) is 4.28. The summed E-state index contributed by atoms with van der Waals surface area (Å²) in [5, 5.41) is 12.9. The number of rotatable bonds is 5. The number of aromatic nitrogens is 7. The molecule has 0 spiro atoms. The van der Waals surface area contributed by atoms with Crippen LogP contribution >= 0.6 is 0 Å². The highest BCUT2D eigenvalue weighted by atomic mass is 19.1. The quantitative estimate of drug-likeness (QED) is 0.399. The van der Waals surface area contributed by atoms with Gasteiger partial charge < -0.3 is 9.47 Å². The third-order valence-corrected chi connectivity index (χ3v) is 5.77. The molecule has 0 radical (unpaired) electrons. The second-order valence-corrected chi connectivity index (χ2v) is 8.01. The number of hydrogen-bond donors (Lipinski definition) is 0. The van der Waals surface area contributed by atoms with Crippen molar-refractivity contribution in [3.05, 3.63) is 84.1 Å². The third kappa shape index (κ3) is 3.72. The summed E-state index contributed by atoms with van der Waals surface area (Å²) in [6.45, 7) is 0.434. The Morgan fingerprint density at radius 1 is 1.09 bits per heavy atom. The molecule has 0 fully saturated rings. The molecule has 6 rings (SSSR count). The third-order valence-electron chi connectivity index (χ3n) is 5.77. The highest BCUT2D eigenvalue weighted by molar-refractivity contribution is 5.66. The van der Waals surface area contributed by atoms with Crippen LogP contribution in [-0.2, 0) is 13.5 Å². The van der Waals surface area contributed by atoms with Crippen LogP contribution in [0.1, 0.15) is 29.9 Å². The number of halogens is 1. The van der Waals surface area contributed by atoms with E-state index in [0.717, 1.165) is 17.0 Å². The number of ether oxygens (including phenoxy) is 2. The van der Waals surface area contributed by atoms with Gasteiger partial charge in [0.15, 0.2) is 17.6 Å². The van der Waals surface area contributed by atoms with Crippen molar-refractivity contribution in [2.75, 3.05) is 6.61 Å². The molecule has 5 heterocycles. The Balaban J connectivity index is 1.34. The summed E-state index contributed by atoms with van der Waals surface area (Å²) in [7, 11) is 1.90. The van der Waals surface area contributed by atoms with Gasteiger partial charge in [-0.15, -0.1) is 10.2 Å². The van der Waals surface area contributed by atoms with Crippen LogP contribution in [0.25, 0.3) is 16.9 Å². The molecule has 0 amide bonds. The monoisotopic (exact) mass is 457 g/mol. The van der Waals surface area contributed by atoms with Crippen LogP contribution < -0.4 is 9.47 Å². The maximum Gasteiger partial charge on any atom is 0.201 e. The predicted molar refractivity (Wildman–Crippen MR) is 120 cm³/mol. The molecular weight excluding hydrogens is 437 g/mol. The summed E-state index contributed by atoms with van der Waals surface area (Å²) in [5.74, 6) is 2.20. The maximum absolute atomic E-state index is 13.3. The normalized spacial score (nSPS) is 15.2. The smallest absolute Gasteiger partial charge is 0.201 e. The Morgan fingerprint density at radius 2 is 1.97 bits per heavy atom. The molecule has 0 aliphatic carbocycles. The van der Waals surface area contributed by atoms with E-state index in [-0.39, 0.29) is 11.9 Å². The van der Waals surface area contributed by atoms with Crippen LogP contribution in [0.4, 0.5) is 4.39 Å². The zero-order valence-corrected chi connectivity index (χ0v) is 18.3. The van der Waals surface area contributed by atoms with Crippen molar-refractivity contribution < 1.29 is 13.9 Å². The molecule has 9 nitrogen and oxygen atoms in total. The van der Waals surface area contributed by atoms with Crippen LogP contribution in [-0.4, -0.2) is 41.0 Å². The van der Waals surface area contributed by atoms with Crippen molar-refractivity contribution in [1.82, 2.24) is 34.3 Å². The number of pyridine rings is 1. The fourth-order valence-corrected chi connectivity index (χ4v) is 4.04. The largest absolute Gasteiger partial charge is 0.482 e. The van der Waals surface area contributed by atoms with E-state index in [1.165, 1.54) is 12.1 Å². The Bertz CT molecular complexity index is 1480. The van der Waals surface area contributed by atoms with Crippen LogP contribution in [0.15, 0.2) is 60.9 Å². The molecule has 4 aromatic heterocycles. The van der Waals surface area contributed by atoms with E-state index in [1.54, 1.807) is 24.5 Å². The van der Waals surface area contributed by atoms with Gasteiger partial charge in [-0.25, -0.2) is 18.8 Å². The van der Waals surface area contributed by atoms with E-state index in [0.29, 0.717) is 48.4 Å². The zero-order chi connectivity index (χ0) is 23.1. The fourth-order valence-electron chi connectivity index (χ4n) is 4.04. The van der Waals surface area contributed by atoms with Gasteiger partial charge in [0.1, 0.15) is 17.4 Å². The Kier molecular flexibility index (Phi) is 4.90. The first-order chi connectivity index (χ1) is 16.6. The van der Waals surface area contributed by atoms with E-state index in [4.69, 9.17) is 14.5 Å². The van der Waals surface area contributed by atoms with E-state index in [2.05, 4.69) is 20.3 Å². The minimum atomic E-state index is -0.378. The zero-order valence-electron chi connectivity index (χ0n) is 18.3. The Morgan fingerprint density at radius 3 is 2.79 bits per heavy atom. The first-order valence-corrected chi connectivity index (χ1v) is 10.9. The molecule has 0 saturated carbocycles. The van der Waals surface area contributed by atoms with Crippen molar-refractivity contribution in [3.63, 3.8) is 0 Å². The van der Waals surface area contributed by atoms with Gasteiger partial charge in [-0.2, -0.15) is 5.10 Å². The molecule has 0 saturated heterocycles. The molecule has 34 heavy (non-hydrogen) atoms. The van der Waals surface area contributed by atoms with Crippen molar-refractivity contribution in [2.24, 2.45) is 7.05 Å². The molecule has 1 aliphatic heterocycles. The Hall–Kier alpha value is -4.34. The van der Waals surface area contributed by atoms with Gasteiger partial charge in [0, 0.05) is 49.6 Å². The second-order valence-electron chi connectivity index (χ2n) is 8.01. The summed E-state index contributed by atoms with van der Waals surface area (Å²) < 4.78 is 29.1. The van der Waals surface area contributed by atoms with Crippen LogP contribution in [0.3, 0.4) is 0 Å². The molecule has 10 heteroatoms. The van der Waals surface area contributed by atoms with Gasteiger partial charge in [0.05, 0.1) is 12.3 Å². The lowest BCUT2D eigenvalue weighted by Gasteiger charge is -2.15. The standard InChI is InChI=1S/C24H20FN7O2/c1-31-17(6-10-27-31)14-21-26-9-7-19(28-21)15-12-22-29-30-24-20(8-11-33-23(13-15)32(22)24)34-18-4-2-16(25)3-5-18/h2-7,9-10,12-13,20H,8,11,14H2,1H3/t20-/m1/s1. The lowest BCUT2D eigenvalue weighted by Crippen LogP contribution is -2.11. The SMILES string of the molecule is Cn1nccc1Cc1nccc(-c2cc3n4c(nnc4c2)[C@H](Oc2ccc(F)cc2)CCO3)n1. The van der Waals surface area contributed by atoms with E-state index in [1.807, 2.05) is 40.4 Å². The van der Waals surface area contributed by atoms with Crippen molar-refractivity contribution in [2.45, 2.75) is 18.9 Å². The van der Waals surface area contributed by atoms with Crippen molar-refractivity contribution in [3.8, 4) is 22.9 Å². The van der Waals surface area contributed by atoms with Crippen molar-refractivity contribution >= 4 is 5.65 Å². The van der Waals surface area contributed by atoms with Crippen LogP contribution in [0.2, 0.25) is 0 Å². The van der Waals surface area contributed by atoms with Gasteiger partial charge in [-0.05, 0) is 42.5 Å². The average molecular weight is 457 g/mol. The van der Waals surface area contributed by atoms with Gasteiger partial charge in [-0.1, -0.05) is 0 Å². The molecule has 1 aromatic carbocycles.